The highest BCUT2D eigenvalue weighted by Crippen LogP contribution is 2.45. The van der Waals surface area contributed by atoms with E-state index in [4.69, 9.17) is 0 Å². The molecule has 1 unspecified atom stereocenters. The molecule has 3 rings (SSSR count). The van der Waals surface area contributed by atoms with E-state index in [0.29, 0.717) is 5.56 Å². The number of benzene rings is 2. The van der Waals surface area contributed by atoms with Crippen LogP contribution in [0.4, 0.5) is 13.2 Å². The van der Waals surface area contributed by atoms with Gasteiger partial charge in [0.1, 0.15) is 0 Å². The Morgan fingerprint density at radius 2 is 1.68 bits per heavy atom. The molecule has 1 aliphatic carbocycles. The van der Waals surface area contributed by atoms with Gasteiger partial charge in [-0.05, 0) is 30.2 Å². The Hall–Kier alpha value is -2.10. The van der Waals surface area contributed by atoms with Crippen molar-refractivity contribution in [1.29, 1.82) is 0 Å². The number of aryl methyl sites for hydroxylation is 1. The number of hydrogen-bond acceptors (Lipinski definition) is 1. The topological polar surface area (TPSA) is 17.1 Å². The third kappa shape index (κ3) is 2.23. The fourth-order valence-electron chi connectivity index (χ4n) is 3.12. The zero-order valence-electron chi connectivity index (χ0n) is 12.3. The molecular formula is C18H15F3O. The van der Waals surface area contributed by atoms with Gasteiger partial charge in [-0.15, -0.1) is 0 Å². The number of hydrogen-bond donors (Lipinski definition) is 0. The number of fused-ring (bicyclic) bond motifs is 1. The Kier molecular flexibility index (Phi) is 3.17. The molecular weight excluding hydrogens is 289 g/mol. The van der Waals surface area contributed by atoms with Crippen LogP contribution >= 0.6 is 0 Å². The summed E-state index contributed by atoms with van der Waals surface area (Å²) < 4.78 is 38.5. The molecule has 0 amide bonds. The molecule has 22 heavy (non-hydrogen) atoms. The largest absolute Gasteiger partial charge is 0.416 e. The van der Waals surface area contributed by atoms with Crippen molar-refractivity contribution in [2.45, 2.75) is 31.9 Å². The van der Waals surface area contributed by atoms with Crippen molar-refractivity contribution in [2.75, 3.05) is 0 Å². The first-order valence-electron chi connectivity index (χ1n) is 7.04. The highest BCUT2D eigenvalue weighted by molar-refractivity contribution is 6.03. The van der Waals surface area contributed by atoms with E-state index >= 15 is 0 Å². The normalized spacial score (nSPS) is 21.0. The van der Waals surface area contributed by atoms with Crippen molar-refractivity contribution in [3.8, 4) is 0 Å². The first kappa shape index (κ1) is 14.8. The molecule has 0 bridgehead atoms. The van der Waals surface area contributed by atoms with Crippen molar-refractivity contribution in [1.82, 2.24) is 0 Å². The molecule has 0 heterocycles. The van der Waals surface area contributed by atoms with Crippen LogP contribution in [0.25, 0.3) is 0 Å². The van der Waals surface area contributed by atoms with E-state index in [0.717, 1.165) is 23.3 Å². The minimum absolute atomic E-state index is 0.193. The minimum Gasteiger partial charge on any atom is -0.294 e. The second-order valence-electron chi connectivity index (χ2n) is 6.06. The Labute approximate surface area is 126 Å². The number of halogens is 3. The van der Waals surface area contributed by atoms with Gasteiger partial charge < -0.3 is 0 Å². The molecule has 0 saturated carbocycles. The predicted molar refractivity (Wildman–Crippen MR) is 78.0 cm³/mol. The quantitative estimate of drug-likeness (QED) is 0.732. The molecule has 0 fully saturated rings. The van der Waals surface area contributed by atoms with Crippen molar-refractivity contribution in [3.05, 3.63) is 70.3 Å². The van der Waals surface area contributed by atoms with E-state index < -0.39 is 17.2 Å². The number of carbonyl (C=O) groups is 1. The molecule has 1 aliphatic rings. The lowest BCUT2D eigenvalue weighted by molar-refractivity contribution is -0.137. The average Bonchev–Trinajstić information content (AvgIpc) is 2.71. The minimum atomic E-state index is -4.43. The van der Waals surface area contributed by atoms with Crippen molar-refractivity contribution >= 4 is 5.78 Å². The van der Waals surface area contributed by atoms with Gasteiger partial charge in [-0.3, -0.25) is 4.79 Å². The van der Waals surface area contributed by atoms with Gasteiger partial charge >= 0.3 is 6.18 Å². The molecule has 2 aromatic rings. The van der Waals surface area contributed by atoms with Crippen molar-refractivity contribution in [3.63, 3.8) is 0 Å². The molecule has 0 N–H and O–H groups in total. The van der Waals surface area contributed by atoms with Gasteiger partial charge in [0, 0.05) is 17.4 Å². The summed E-state index contributed by atoms with van der Waals surface area (Å²) in [6.07, 6.45) is -4.23. The predicted octanol–water partition coefficient (Wildman–Crippen LogP) is 4.91. The molecule has 0 saturated heterocycles. The maximum absolute atomic E-state index is 12.8. The standard InChI is InChI=1S/C18H15F3O/c1-11-3-5-12(6-4-11)17(2)10-16(22)14-9-13(18(19,20)21)7-8-15(14)17/h3-9H,10H2,1-2H3. The van der Waals surface area contributed by atoms with Crippen LogP contribution in [0.5, 0.6) is 0 Å². The van der Waals surface area contributed by atoms with Gasteiger partial charge in [-0.25, -0.2) is 0 Å². The van der Waals surface area contributed by atoms with Crippen LogP contribution in [0, 0.1) is 6.92 Å². The highest BCUT2D eigenvalue weighted by atomic mass is 19.4. The zero-order valence-corrected chi connectivity index (χ0v) is 12.3. The molecule has 114 valence electrons. The van der Waals surface area contributed by atoms with E-state index in [2.05, 4.69) is 0 Å². The Morgan fingerprint density at radius 1 is 1.05 bits per heavy atom. The molecule has 1 nitrogen and oxygen atoms in total. The van der Waals surface area contributed by atoms with Crippen LogP contribution in [-0.4, -0.2) is 5.78 Å². The Morgan fingerprint density at radius 3 is 2.27 bits per heavy atom. The molecule has 1 atom stereocenters. The summed E-state index contributed by atoms with van der Waals surface area (Å²) in [4.78, 5) is 12.2. The number of rotatable bonds is 1. The van der Waals surface area contributed by atoms with Crippen LogP contribution in [0.2, 0.25) is 0 Å². The summed E-state index contributed by atoms with van der Waals surface area (Å²) in [5, 5.41) is 0. The van der Waals surface area contributed by atoms with Gasteiger partial charge in [-0.1, -0.05) is 42.8 Å². The maximum atomic E-state index is 12.8. The lowest BCUT2D eigenvalue weighted by Crippen LogP contribution is -2.20. The molecule has 0 aromatic heterocycles. The number of ketones is 1. The smallest absolute Gasteiger partial charge is 0.294 e. The number of Topliss-reactive ketones (excluding diaryl/α,β-unsaturated/α-hetero) is 1. The average molecular weight is 304 g/mol. The van der Waals surface area contributed by atoms with Gasteiger partial charge in [0.05, 0.1) is 5.56 Å². The molecule has 0 spiro atoms. The third-order valence-electron chi connectivity index (χ3n) is 4.44. The molecule has 0 radical (unpaired) electrons. The fourth-order valence-corrected chi connectivity index (χ4v) is 3.12. The first-order chi connectivity index (χ1) is 10.2. The summed E-state index contributed by atoms with van der Waals surface area (Å²) in [5.74, 6) is -0.232. The molecule has 2 aromatic carbocycles. The zero-order chi connectivity index (χ0) is 16.1. The van der Waals surface area contributed by atoms with Crippen LogP contribution < -0.4 is 0 Å². The lowest BCUT2D eigenvalue weighted by atomic mass is 9.77. The molecule has 0 aliphatic heterocycles. The van der Waals surface area contributed by atoms with Crippen LogP contribution in [0.1, 0.15) is 46.0 Å². The maximum Gasteiger partial charge on any atom is 0.416 e. The third-order valence-corrected chi connectivity index (χ3v) is 4.44. The van der Waals surface area contributed by atoms with E-state index in [1.165, 1.54) is 6.07 Å². The summed E-state index contributed by atoms with van der Waals surface area (Å²) in [5.41, 5.74) is 1.58. The second-order valence-corrected chi connectivity index (χ2v) is 6.06. The van der Waals surface area contributed by atoms with E-state index in [9.17, 15) is 18.0 Å². The van der Waals surface area contributed by atoms with E-state index in [1.54, 1.807) is 0 Å². The van der Waals surface area contributed by atoms with Crippen molar-refractivity contribution in [2.24, 2.45) is 0 Å². The van der Waals surface area contributed by atoms with Crippen LogP contribution in [0.3, 0.4) is 0 Å². The van der Waals surface area contributed by atoms with Gasteiger partial charge in [0.2, 0.25) is 0 Å². The van der Waals surface area contributed by atoms with E-state index in [-0.39, 0.29) is 17.8 Å². The summed E-state index contributed by atoms with van der Waals surface area (Å²) in [6, 6.07) is 11.3. The lowest BCUT2D eigenvalue weighted by Gasteiger charge is -2.25. The first-order valence-corrected chi connectivity index (χ1v) is 7.04. The summed E-state index contributed by atoms with van der Waals surface area (Å²) >= 11 is 0. The van der Waals surface area contributed by atoms with Crippen LogP contribution in [0.15, 0.2) is 42.5 Å². The monoisotopic (exact) mass is 304 g/mol. The van der Waals surface area contributed by atoms with E-state index in [1.807, 2.05) is 38.1 Å². The highest BCUT2D eigenvalue weighted by Gasteiger charge is 2.42. The summed E-state index contributed by atoms with van der Waals surface area (Å²) in [7, 11) is 0. The second kappa shape index (κ2) is 4.70. The van der Waals surface area contributed by atoms with Gasteiger partial charge in [-0.2, -0.15) is 13.2 Å². The fraction of sp³-hybridized carbons (Fsp3) is 0.278. The summed E-state index contributed by atoms with van der Waals surface area (Å²) in [6.45, 7) is 3.88. The molecule has 4 heteroatoms. The SMILES string of the molecule is Cc1ccc(C2(C)CC(=O)c3cc(C(F)(F)F)ccc32)cc1. The Bertz CT molecular complexity index is 744. The van der Waals surface area contributed by atoms with Crippen LogP contribution in [-0.2, 0) is 11.6 Å². The van der Waals surface area contributed by atoms with Crippen molar-refractivity contribution < 1.29 is 18.0 Å². The number of alkyl halides is 3. The van der Waals surface area contributed by atoms with Gasteiger partial charge in [0.25, 0.3) is 0 Å². The van der Waals surface area contributed by atoms with Gasteiger partial charge in [0.15, 0.2) is 5.78 Å². The Balaban J connectivity index is 2.13. The number of carbonyl (C=O) groups excluding carboxylic acids is 1.